The smallest absolute Gasteiger partial charge is 0.238 e. The number of hydrazine groups is 1. The van der Waals surface area contributed by atoms with Gasteiger partial charge in [-0.05, 0) is 48.7 Å². The van der Waals surface area contributed by atoms with Crippen molar-refractivity contribution in [3.63, 3.8) is 0 Å². The molecule has 2 aromatic carbocycles. The molecule has 2 aromatic rings. The predicted molar refractivity (Wildman–Crippen MR) is 113 cm³/mol. The largest absolute Gasteiger partial charge is 0.494 e. The van der Waals surface area contributed by atoms with Gasteiger partial charge >= 0.3 is 0 Å². The Morgan fingerprint density at radius 3 is 2.27 bits per heavy atom. The average molecular weight is 415 g/mol. The standard InChI is InChI=1S/C22H29N3O5/c1-5-30-16-8-6-15(7-9-16)17-12-18(25-24-17)22(26)23-13-14-10-19(27-2)21(29-4)20(11-14)28-3/h6-11,17-18,24-25H,5,12-13H2,1-4H3,(H,23,26). The number of hydrogen-bond donors (Lipinski definition) is 3. The highest BCUT2D eigenvalue weighted by Crippen LogP contribution is 2.38. The molecule has 0 saturated carbocycles. The number of carbonyl (C=O) groups is 1. The molecule has 3 rings (SSSR count). The lowest BCUT2D eigenvalue weighted by molar-refractivity contribution is -0.123. The Bertz CT molecular complexity index is 831. The number of nitrogens with one attached hydrogen (secondary N) is 3. The monoisotopic (exact) mass is 415 g/mol. The first kappa shape index (κ1) is 21.7. The molecule has 30 heavy (non-hydrogen) atoms. The maximum atomic E-state index is 12.6. The minimum atomic E-state index is -0.330. The van der Waals surface area contributed by atoms with Crippen LogP contribution in [0.4, 0.5) is 0 Å². The molecular weight excluding hydrogens is 386 g/mol. The molecule has 2 atom stereocenters. The molecule has 0 aromatic heterocycles. The highest BCUT2D eigenvalue weighted by Gasteiger charge is 2.30. The van der Waals surface area contributed by atoms with Crippen molar-refractivity contribution < 1.29 is 23.7 Å². The molecule has 8 nitrogen and oxygen atoms in total. The Hall–Kier alpha value is -2.97. The van der Waals surface area contributed by atoms with Gasteiger partial charge in [-0.3, -0.25) is 4.79 Å². The van der Waals surface area contributed by atoms with Gasteiger partial charge in [0.25, 0.3) is 0 Å². The summed E-state index contributed by atoms with van der Waals surface area (Å²) in [5, 5.41) is 2.97. The van der Waals surface area contributed by atoms with Crippen molar-refractivity contribution in [2.24, 2.45) is 0 Å². The van der Waals surface area contributed by atoms with Crippen LogP contribution in [0.15, 0.2) is 36.4 Å². The molecule has 8 heteroatoms. The van der Waals surface area contributed by atoms with Crippen molar-refractivity contribution in [3.8, 4) is 23.0 Å². The number of methoxy groups -OCH3 is 3. The minimum Gasteiger partial charge on any atom is -0.494 e. The Morgan fingerprint density at radius 1 is 1.03 bits per heavy atom. The highest BCUT2D eigenvalue weighted by molar-refractivity contribution is 5.82. The van der Waals surface area contributed by atoms with Crippen LogP contribution in [0.2, 0.25) is 0 Å². The van der Waals surface area contributed by atoms with E-state index in [1.54, 1.807) is 21.3 Å². The Labute approximate surface area is 176 Å². The number of amides is 1. The molecule has 1 aliphatic rings. The van der Waals surface area contributed by atoms with E-state index >= 15 is 0 Å². The summed E-state index contributed by atoms with van der Waals surface area (Å²) in [6, 6.07) is 11.3. The van der Waals surface area contributed by atoms with Gasteiger partial charge in [0.2, 0.25) is 11.7 Å². The fraction of sp³-hybridized carbons (Fsp3) is 0.409. The molecule has 2 unspecified atom stereocenters. The fourth-order valence-electron chi connectivity index (χ4n) is 3.46. The second kappa shape index (κ2) is 10.2. The van der Waals surface area contributed by atoms with Gasteiger partial charge in [0.05, 0.1) is 27.9 Å². The molecular formula is C22H29N3O5. The summed E-state index contributed by atoms with van der Waals surface area (Å²) in [6.07, 6.45) is 0.648. The van der Waals surface area contributed by atoms with Crippen LogP contribution in [0.1, 0.15) is 30.5 Å². The molecule has 0 bridgehead atoms. The second-order valence-corrected chi connectivity index (χ2v) is 6.88. The summed E-state index contributed by atoms with van der Waals surface area (Å²) >= 11 is 0. The first-order chi connectivity index (χ1) is 14.6. The molecule has 162 valence electrons. The molecule has 1 saturated heterocycles. The molecule has 0 aliphatic carbocycles. The number of rotatable bonds is 9. The van der Waals surface area contributed by atoms with E-state index < -0.39 is 0 Å². The molecule has 0 spiro atoms. The van der Waals surface area contributed by atoms with Crippen LogP contribution in [0, 0.1) is 0 Å². The van der Waals surface area contributed by atoms with E-state index in [2.05, 4.69) is 16.2 Å². The Morgan fingerprint density at radius 2 is 1.70 bits per heavy atom. The van der Waals surface area contributed by atoms with E-state index in [-0.39, 0.29) is 18.0 Å². The second-order valence-electron chi connectivity index (χ2n) is 6.88. The summed E-state index contributed by atoms with van der Waals surface area (Å²) in [4.78, 5) is 12.6. The summed E-state index contributed by atoms with van der Waals surface area (Å²) in [6.45, 7) is 2.94. The first-order valence-corrected chi connectivity index (χ1v) is 9.90. The predicted octanol–water partition coefficient (Wildman–Crippen LogP) is 2.34. The van der Waals surface area contributed by atoms with Crippen LogP contribution in [0.25, 0.3) is 0 Å². The third-order valence-electron chi connectivity index (χ3n) is 5.00. The molecule has 3 N–H and O–H groups in total. The minimum absolute atomic E-state index is 0.0533. The van der Waals surface area contributed by atoms with Crippen molar-refractivity contribution in [1.29, 1.82) is 0 Å². The normalized spacial score (nSPS) is 18.0. The van der Waals surface area contributed by atoms with E-state index in [1.165, 1.54) is 0 Å². The number of carbonyl (C=O) groups excluding carboxylic acids is 1. The zero-order valence-corrected chi connectivity index (χ0v) is 17.8. The summed E-state index contributed by atoms with van der Waals surface area (Å²) < 4.78 is 21.5. The van der Waals surface area contributed by atoms with Crippen molar-refractivity contribution in [1.82, 2.24) is 16.2 Å². The van der Waals surface area contributed by atoms with E-state index in [1.807, 2.05) is 43.3 Å². The number of ether oxygens (including phenoxy) is 4. The zero-order chi connectivity index (χ0) is 21.5. The van der Waals surface area contributed by atoms with Crippen molar-refractivity contribution in [2.75, 3.05) is 27.9 Å². The van der Waals surface area contributed by atoms with Gasteiger partial charge < -0.3 is 24.3 Å². The van der Waals surface area contributed by atoms with Crippen LogP contribution in [0.5, 0.6) is 23.0 Å². The van der Waals surface area contributed by atoms with Gasteiger partial charge in [-0.1, -0.05) is 12.1 Å². The average Bonchev–Trinajstić information content (AvgIpc) is 3.27. The van der Waals surface area contributed by atoms with E-state index in [9.17, 15) is 4.79 Å². The summed E-state index contributed by atoms with van der Waals surface area (Å²) in [5.41, 5.74) is 8.23. The fourth-order valence-corrected chi connectivity index (χ4v) is 3.46. The van der Waals surface area contributed by atoms with Gasteiger partial charge in [0.15, 0.2) is 11.5 Å². The molecule has 1 fully saturated rings. The van der Waals surface area contributed by atoms with Gasteiger partial charge in [0.1, 0.15) is 11.8 Å². The molecule has 1 heterocycles. The highest BCUT2D eigenvalue weighted by atomic mass is 16.5. The van der Waals surface area contributed by atoms with Crippen molar-refractivity contribution in [2.45, 2.75) is 32.0 Å². The third kappa shape index (κ3) is 4.95. The molecule has 1 aliphatic heterocycles. The van der Waals surface area contributed by atoms with Crippen LogP contribution < -0.4 is 35.1 Å². The SMILES string of the molecule is CCOc1ccc(C2CC(C(=O)NCc3cc(OC)c(OC)c(OC)c3)NN2)cc1. The maximum absolute atomic E-state index is 12.6. The third-order valence-corrected chi connectivity index (χ3v) is 5.00. The zero-order valence-electron chi connectivity index (χ0n) is 17.8. The molecule has 0 radical (unpaired) electrons. The lowest BCUT2D eigenvalue weighted by Crippen LogP contribution is -2.42. The summed E-state index contributed by atoms with van der Waals surface area (Å²) in [7, 11) is 4.69. The van der Waals surface area contributed by atoms with Crippen LogP contribution in [-0.2, 0) is 11.3 Å². The van der Waals surface area contributed by atoms with Crippen molar-refractivity contribution >= 4 is 5.91 Å². The lowest BCUT2D eigenvalue weighted by Gasteiger charge is -2.15. The van der Waals surface area contributed by atoms with Gasteiger partial charge in [-0.25, -0.2) is 10.9 Å². The van der Waals surface area contributed by atoms with Crippen LogP contribution in [-0.4, -0.2) is 39.9 Å². The van der Waals surface area contributed by atoms with E-state index in [0.29, 0.717) is 36.8 Å². The van der Waals surface area contributed by atoms with E-state index in [0.717, 1.165) is 16.9 Å². The number of benzene rings is 2. The van der Waals surface area contributed by atoms with E-state index in [4.69, 9.17) is 18.9 Å². The van der Waals surface area contributed by atoms with Gasteiger partial charge in [-0.15, -0.1) is 0 Å². The van der Waals surface area contributed by atoms with Crippen LogP contribution >= 0.6 is 0 Å². The Kier molecular flexibility index (Phi) is 7.37. The van der Waals surface area contributed by atoms with Crippen molar-refractivity contribution in [3.05, 3.63) is 47.5 Å². The molecule has 1 amide bonds. The maximum Gasteiger partial charge on any atom is 0.238 e. The lowest BCUT2D eigenvalue weighted by atomic mass is 10.0. The van der Waals surface area contributed by atoms with Crippen LogP contribution in [0.3, 0.4) is 0 Å². The van der Waals surface area contributed by atoms with Gasteiger partial charge in [0, 0.05) is 12.6 Å². The van der Waals surface area contributed by atoms with Gasteiger partial charge in [-0.2, -0.15) is 0 Å². The Balaban J connectivity index is 1.58. The number of hydrogen-bond acceptors (Lipinski definition) is 7. The summed E-state index contributed by atoms with van der Waals surface area (Å²) in [5.74, 6) is 2.39. The quantitative estimate of drug-likeness (QED) is 0.579. The first-order valence-electron chi connectivity index (χ1n) is 9.90. The topological polar surface area (TPSA) is 90.1 Å².